The molecule has 214 valence electrons. The molecule has 2 atom stereocenters. The van der Waals surface area contributed by atoms with Gasteiger partial charge in [-0.3, -0.25) is 9.69 Å². The lowest BCUT2D eigenvalue weighted by molar-refractivity contribution is -0.173. The van der Waals surface area contributed by atoms with Crippen molar-refractivity contribution in [3.05, 3.63) is 35.5 Å². The van der Waals surface area contributed by atoms with Gasteiger partial charge in [-0.25, -0.2) is 4.68 Å². The standard InChI is InChI=1S/C29H34F3N5O3/c30-29(31,32)25-11-21(20-1-2-23-24(10-20)40-16-39-23)33-26-12-22(34-37(25)26)27(38)35-3-5-36(6-4-35)28-13-17-7-18(14-28)9-19(8-17)15-28/h1-2,10,12,17-19,21,25,33H,3-9,11,13-16H2/t17?,18?,19?,21-,25+,28?/m0/s1. The van der Waals surface area contributed by atoms with E-state index >= 15 is 0 Å². The Bertz CT molecular complexity index is 1300. The van der Waals surface area contributed by atoms with Crippen molar-refractivity contribution in [1.29, 1.82) is 0 Å². The molecule has 1 aromatic carbocycles. The van der Waals surface area contributed by atoms with E-state index in [1.165, 1.54) is 44.6 Å². The summed E-state index contributed by atoms with van der Waals surface area (Å²) in [7, 11) is 0. The van der Waals surface area contributed by atoms with Crippen molar-refractivity contribution >= 4 is 11.7 Å². The number of hydrogen-bond acceptors (Lipinski definition) is 6. The fraction of sp³-hybridized carbons (Fsp3) is 0.655. The third-order valence-corrected chi connectivity index (χ3v) is 10.5. The number of halogens is 3. The number of fused-ring (bicyclic) bond motifs is 2. The quantitative estimate of drug-likeness (QED) is 0.573. The van der Waals surface area contributed by atoms with Crippen molar-refractivity contribution in [3.63, 3.8) is 0 Å². The summed E-state index contributed by atoms with van der Waals surface area (Å²) in [6, 6.07) is 4.21. The number of carbonyl (C=O) groups excluding carboxylic acids is 1. The van der Waals surface area contributed by atoms with Crippen LogP contribution in [0, 0.1) is 17.8 Å². The van der Waals surface area contributed by atoms with E-state index in [4.69, 9.17) is 9.47 Å². The molecule has 40 heavy (non-hydrogen) atoms. The fourth-order valence-corrected chi connectivity index (χ4v) is 9.02. The third-order valence-electron chi connectivity index (χ3n) is 10.5. The molecule has 1 amide bonds. The number of aromatic nitrogens is 2. The van der Waals surface area contributed by atoms with E-state index in [1.54, 1.807) is 23.1 Å². The Morgan fingerprint density at radius 2 is 1.60 bits per heavy atom. The van der Waals surface area contributed by atoms with Gasteiger partial charge in [0.2, 0.25) is 6.79 Å². The van der Waals surface area contributed by atoms with E-state index in [0.29, 0.717) is 35.7 Å². The summed E-state index contributed by atoms with van der Waals surface area (Å²) in [6.07, 6.45) is 3.29. The summed E-state index contributed by atoms with van der Waals surface area (Å²) in [4.78, 5) is 17.9. The molecule has 1 saturated heterocycles. The molecule has 1 aromatic heterocycles. The van der Waals surface area contributed by atoms with Crippen LogP contribution >= 0.6 is 0 Å². The molecular formula is C29H34F3N5O3. The molecule has 0 spiro atoms. The van der Waals surface area contributed by atoms with E-state index in [9.17, 15) is 18.0 Å². The van der Waals surface area contributed by atoms with Gasteiger partial charge in [0, 0.05) is 44.2 Å². The minimum atomic E-state index is -4.51. The second-order valence-corrected chi connectivity index (χ2v) is 12.9. The van der Waals surface area contributed by atoms with E-state index in [2.05, 4.69) is 15.3 Å². The summed E-state index contributed by atoms with van der Waals surface area (Å²) in [5.74, 6) is 3.58. The van der Waals surface area contributed by atoms with Crippen LogP contribution in [0.25, 0.3) is 0 Å². The molecule has 2 aromatic rings. The predicted octanol–water partition coefficient (Wildman–Crippen LogP) is 5.00. The summed E-state index contributed by atoms with van der Waals surface area (Å²) in [5, 5.41) is 7.41. The third kappa shape index (κ3) is 3.98. The molecular weight excluding hydrogens is 523 g/mol. The normalized spacial score (nSPS) is 34.6. The van der Waals surface area contributed by atoms with Crippen LogP contribution in [0.3, 0.4) is 0 Å². The van der Waals surface area contributed by atoms with Gasteiger partial charge in [-0.2, -0.15) is 18.3 Å². The highest BCUT2D eigenvalue weighted by atomic mass is 19.4. The van der Waals surface area contributed by atoms with E-state index < -0.39 is 18.3 Å². The molecule has 5 fully saturated rings. The van der Waals surface area contributed by atoms with E-state index in [1.807, 2.05) is 0 Å². The molecule has 3 aliphatic heterocycles. The molecule has 9 rings (SSSR count). The Hall–Kier alpha value is -2.95. The number of anilines is 1. The van der Waals surface area contributed by atoms with Crippen molar-refractivity contribution in [2.45, 2.75) is 68.7 Å². The second-order valence-electron chi connectivity index (χ2n) is 12.9. The highest BCUT2D eigenvalue weighted by Crippen LogP contribution is 2.58. The van der Waals surface area contributed by atoms with Crippen molar-refractivity contribution in [2.24, 2.45) is 17.8 Å². The van der Waals surface area contributed by atoms with Crippen LogP contribution in [-0.4, -0.2) is 70.2 Å². The number of piperazine rings is 1. The fourth-order valence-electron chi connectivity index (χ4n) is 9.02. The summed E-state index contributed by atoms with van der Waals surface area (Å²) in [5.41, 5.74) is 1.02. The maximum Gasteiger partial charge on any atom is 0.410 e. The van der Waals surface area contributed by atoms with Gasteiger partial charge < -0.3 is 19.7 Å². The van der Waals surface area contributed by atoms with Crippen LogP contribution in [0.1, 0.15) is 73.1 Å². The Balaban J connectivity index is 0.995. The highest BCUT2D eigenvalue weighted by molar-refractivity contribution is 5.93. The number of benzene rings is 1. The first-order chi connectivity index (χ1) is 19.2. The van der Waals surface area contributed by atoms with Crippen LogP contribution in [-0.2, 0) is 0 Å². The van der Waals surface area contributed by atoms with Crippen LogP contribution in [0.15, 0.2) is 24.3 Å². The van der Waals surface area contributed by atoms with Gasteiger partial charge in [0.15, 0.2) is 23.2 Å². The van der Waals surface area contributed by atoms with Gasteiger partial charge in [-0.15, -0.1) is 0 Å². The number of rotatable bonds is 3. The maximum atomic E-state index is 14.2. The summed E-state index contributed by atoms with van der Waals surface area (Å²) < 4.78 is 54.4. The average molecular weight is 558 g/mol. The highest BCUT2D eigenvalue weighted by Gasteiger charge is 2.54. The average Bonchev–Trinajstić information content (AvgIpc) is 3.57. The molecule has 8 nitrogen and oxygen atoms in total. The van der Waals surface area contributed by atoms with Crippen molar-refractivity contribution in [2.75, 3.05) is 38.3 Å². The summed E-state index contributed by atoms with van der Waals surface area (Å²) in [6.45, 7) is 2.90. The molecule has 4 saturated carbocycles. The minimum absolute atomic E-state index is 0.0614. The molecule has 4 bridgehead atoms. The Morgan fingerprint density at radius 1 is 0.925 bits per heavy atom. The first kappa shape index (κ1) is 24.8. The summed E-state index contributed by atoms with van der Waals surface area (Å²) >= 11 is 0. The van der Waals surface area contributed by atoms with E-state index in [0.717, 1.165) is 35.5 Å². The Kier molecular flexibility index (Phi) is 5.44. The van der Waals surface area contributed by atoms with E-state index in [-0.39, 0.29) is 30.6 Å². The van der Waals surface area contributed by atoms with Crippen LogP contribution in [0.5, 0.6) is 11.5 Å². The number of carbonyl (C=O) groups is 1. The van der Waals surface area contributed by atoms with Crippen molar-refractivity contribution < 1.29 is 27.4 Å². The molecule has 0 unspecified atom stereocenters. The van der Waals surface area contributed by atoms with Crippen molar-refractivity contribution in [1.82, 2.24) is 19.6 Å². The SMILES string of the molecule is O=C(c1cc2n(n1)[C@@H](C(F)(F)F)C[C@@H](c1ccc3c(c1)OCO3)N2)N1CCN(C23CC4CC(CC(C4)C2)C3)CC1. The van der Waals surface area contributed by atoms with Crippen LogP contribution in [0.2, 0.25) is 0 Å². The zero-order valence-electron chi connectivity index (χ0n) is 22.3. The van der Waals surface area contributed by atoms with Gasteiger partial charge in [0.05, 0.1) is 6.04 Å². The minimum Gasteiger partial charge on any atom is -0.454 e. The maximum absolute atomic E-state index is 14.2. The topological polar surface area (TPSA) is 71.9 Å². The smallest absolute Gasteiger partial charge is 0.410 e. The lowest BCUT2D eigenvalue weighted by atomic mass is 9.52. The molecule has 0 radical (unpaired) electrons. The van der Waals surface area contributed by atoms with Crippen LogP contribution in [0.4, 0.5) is 19.0 Å². The lowest BCUT2D eigenvalue weighted by Gasteiger charge is -2.61. The Labute approximate surface area is 230 Å². The largest absolute Gasteiger partial charge is 0.454 e. The van der Waals surface area contributed by atoms with Crippen molar-refractivity contribution in [3.8, 4) is 11.5 Å². The molecule has 4 aliphatic carbocycles. The first-order valence-electron chi connectivity index (χ1n) is 14.6. The zero-order valence-corrected chi connectivity index (χ0v) is 22.3. The van der Waals surface area contributed by atoms with Gasteiger partial charge in [-0.1, -0.05) is 6.07 Å². The van der Waals surface area contributed by atoms with Gasteiger partial charge in [0.1, 0.15) is 5.82 Å². The number of amides is 1. The molecule has 11 heteroatoms. The Morgan fingerprint density at radius 3 is 2.27 bits per heavy atom. The van der Waals surface area contributed by atoms with Gasteiger partial charge >= 0.3 is 6.18 Å². The van der Waals surface area contributed by atoms with Gasteiger partial charge in [-0.05, 0) is 74.0 Å². The number of nitrogens with zero attached hydrogens (tertiary/aromatic N) is 4. The second kappa shape index (κ2) is 8.77. The predicted molar refractivity (Wildman–Crippen MR) is 139 cm³/mol. The molecule has 1 N–H and O–H groups in total. The zero-order chi connectivity index (χ0) is 27.2. The van der Waals surface area contributed by atoms with Crippen LogP contribution < -0.4 is 14.8 Å². The number of hydrogen-bond donors (Lipinski definition) is 1. The molecule has 7 aliphatic rings. The lowest BCUT2D eigenvalue weighted by Crippen LogP contribution is -2.64. The molecule has 4 heterocycles. The number of ether oxygens (including phenoxy) is 2. The monoisotopic (exact) mass is 557 g/mol. The first-order valence-corrected chi connectivity index (χ1v) is 14.6. The van der Waals surface area contributed by atoms with Gasteiger partial charge in [0.25, 0.3) is 5.91 Å². The number of alkyl halides is 3. The number of nitrogens with one attached hydrogen (secondary N) is 1.